The van der Waals surface area contributed by atoms with Crippen molar-refractivity contribution in [2.24, 2.45) is 23.7 Å². The van der Waals surface area contributed by atoms with Crippen LogP contribution in [0.15, 0.2) is 36.5 Å². The summed E-state index contributed by atoms with van der Waals surface area (Å²) in [7, 11) is 0. The van der Waals surface area contributed by atoms with Crippen molar-refractivity contribution in [3.05, 3.63) is 40.1 Å². The van der Waals surface area contributed by atoms with Crippen LogP contribution in [0.4, 0.5) is 0 Å². The summed E-state index contributed by atoms with van der Waals surface area (Å²) < 4.78 is 12.3. The summed E-state index contributed by atoms with van der Waals surface area (Å²) in [5.41, 5.74) is 1.06. The molecular weight excluding hydrogens is 469 g/mol. The van der Waals surface area contributed by atoms with Gasteiger partial charge in [-0.1, -0.05) is 18.2 Å². The van der Waals surface area contributed by atoms with Gasteiger partial charge in [-0.2, -0.15) is 0 Å². The molecule has 146 valence electrons. The third-order valence-electron chi connectivity index (χ3n) is 6.67. The lowest BCUT2D eigenvalue weighted by atomic mass is 9.53. The third-order valence-corrected chi connectivity index (χ3v) is 7.26. The number of ether oxygens (including phenoxy) is 2. The molecule has 0 atom stereocenters. The summed E-state index contributed by atoms with van der Waals surface area (Å²) in [6, 6.07) is 10.3. The highest BCUT2D eigenvalue weighted by Gasteiger charge is 2.63. The fraction of sp³-hybridized carbons (Fsp3) is 0.500. The van der Waals surface area contributed by atoms with Crippen LogP contribution in [0.2, 0.25) is 0 Å². The van der Waals surface area contributed by atoms with E-state index in [0.29, 0.717) is 0 Å². The van der Waals surface area contributed by atoms with Crippen LogP contribution in [0.3, 0.4) is 0 Å². The number of halogens is 1. The first-order valence-electron chi connectivity index (χ1n) is 9.96. The second kappa shape index (κ2) is 6.97. The molecule has 1 aromatic carbocycles. The Morgan fingerprint density at radius 1 is 0.929 bits per heavy atom. The number of rotatable bonds is 0. The highest BCUT2D eigenvalue weighted by molar-refractivity contribution is 14.1. The highest BCUT2D eigenvalue weighted by atomic mass is 127. The Morgan fingerprint density at radius 2 is 1.54 bits per heavy atom. The second-order valence-corrected chi connectivity index (χ2v) is 9.74. The molecule has 0 unspecified atom stereocenters. The number of carbonyl (C=O) groups excluding carboxylic acids is 2. The number of nitrogens with zero attached hydrogens (tertiary/aromatic N) is 1. The van der Waals surface area contributed by atoms with Crippen molar-refractivity contribution in [1.82, 2.24) is 4.98 Å². The van der Waals surface area contributed by atoms with Gasteiger partial charge < -0.3 is 9.47 Å². The van der Waals surface area contributed by atoms with Crippen LogP contribution in [-0.4, -0.2) is 22.7 Å². The van der Waals surface area contributed by atoms with E-state index in [1.54, 1.807) is 0 Å². The molecule has 4 aliphatic carbocycles. The van der Waals surface area contributed by atoms with E-state index in [2.05, 4.69) is 39.7 Å². The lowest BCUT2D eigenvalue weighted by Crippen LogP contribution is -2.63. The topological polar surface area (TPSA) is 65.5 Å². The molecule has 28 heavy (non-hydrogen) atoms. The molecule has 7 rings (SSSR count). The molecule has 1 aliphatic heterocycles. The van der Waals surface area contributed by atoms with Gasteiger partial charge in [0.25, 0.3) is 5.79 Å². The van der Waals surface area contributed by atoms with Crippen molar-refractivity contribution in [2.75, 3.05) is 0 Å². The third kappa shape index (κ3) is 3.19. The molecule has 4 bridgehead atoms. The Kier molecular flexibility index (Phi) is 4.56. The lowest BCUT2D eigenvalue weighted by Gasteiger charge is -2.59. The minimum Gasteiger partial charge on any atom is -0.421 e. The summed E-state index contributed by atoms with van der Waals surface area (Å²) in [5.74, 6) is 0.381. The van der Waals surface area contributed by atoms with Gasteiger partial charge in [0.1, 0.15) is 6.42 Å². The number of pyridine rings is 1. The number of esters is 2. The molecular formula is C22H22INO4. The van der Waals surface area contributed by atoms with Crippen LogP contribution in [0.25, 0.3) is 10.9 Å². The molecule has 1 saturated heterocycles. The molecule has 5 nitrogen and oxygen atoms in total. The maximum absolute atomic E-state index is 11.5. The summed E-state index contributed by atoms with van der Waals surface area (Å²) >= 11 is 2.27. The van der Waals surface area contributed by atoms with Crippen LogP contribution in [0.5, 0.6) is 0 Å². The number of hydrogen-bond donors (Lipinski definition) is 0. The average Bonchev–Trinajstić information content (AvgIpc) is 2.65. The van der Waals surface area contributed by atoms with Crippen molar-refractivity contribution in [2.45, 2.75) is 44.3 Å². The zero-order chi connectivity index (χ0) is 19.3. The lowest BCUT2D eigenvalue weighted by molar-refractivity contribution is -0.319. The largest absolute Gasteiger partial charge is 0.421 e. The quantitative estimate of drug-likeness (QED) is 0.309. The molecule has 5 aliphatic rings. The van der Waals surface area contributed by atoms with Crippen LogP contribution in [-0.2, 0) is 19.1 Å². The molecule has 2 heterocycles. The Hall–Kier alpha value is -1.70. The van der Waals surface area contributed by atoms with E-state index in [1.807, 2.05) is 24.4 Å². The van der Waals surface area contributed by atoms with Gasteiger partial charge in [-0.3, -0.25) is 14.6 Å². The van der Waals surface area contributed by atoms with Crippen molar-refractivity contribution in [3.8, 4) is 0 Å². The maximum atomic E-state index is 11.5. The van der Waals surface area contributed by atoms with Crippen molar-refractivity contribution < 1.29 is 19.1 Å². The molecule has 0 radical (unpaired) electrons. The molecule has 4 saturated carbocycles. The predicted octanol–water partition coefficient (Wildman–Crippen LogP) is 4.47. The molecule has 2 aromatic rings. The van der Waals surface area contributed by atoms with Crippen molar-refractivity contribution >= 4 is 45.4 Å². The number of aromatic nitrogens is 1. The van der Waals surface area contributed by atoms with Gasteiger partial charge in [0.05, 0.1) is 5.52 Å². The van der Waals surface area contributed by atoms with Crippen LogP contribution >= 0.6 is 22.6 Å². The van der Waals surface area contributed by atoms with Gasteiger partial charge in [-0.25, -0.2) is 0 Å². The van der Waals surface area contributed by atoms with Crippen molar-refractivity contribution in [1.29, 1.82) is 0 Å². The Morgan fingerprint density at radius 3 is 2.18 bits per heavy atom. The van der Waals surface area contributed by atoms with Gasteiger partial charge in [-0.15, -0.1) is 0 Å². The van der Waals surface area contributed by atoms with Gasteiger partial charge in [0.15, 0.2) is 0 Å². The zero-order valence-electron chi connectivity index (χ0n) is 15.5. The zero-order valence-corrected chi connectivity index (χ0v) is 17.6. The molecule has 0 N–H and O–H groups in total. The molecule has 1 aromatic heterocycles. The number of hydrogen-bond acceptors (Lipinski definition) is 5. The van der Waals surface area contributed by atoms with E-state index in [1.165, 1.54) is 15.4 Å². The number of carbonyl (C=O) groups is 2. The number of benzene rings is 1. The van der Waals surface area contributed by atoms with E-state index >= 15 is 0 Å². The summed E-state index contributed by atoms with van der Waals surface area (Å²) in [6.07, 6.45) is 7.24. The normalized spacial score (nSPS) is 31.9. The second-order valence-electron chi connectivity index (χ2n) is 8.50. The number of fused-ring (bicyclic) bond motifs is 1. The standard InChI is InChI=1S/C13H16O4.C9H6IN/c14-11-6-12(15)17-13(16-11)9-2-7-1-8(4-9)5-10(13)3-7;10-8-5-7-3-1-2-4-9(7)11-6-8/h7-10H,1-6H2;1-6H/t7-,8-,9-,10+;. The molecule has 1 spiro atoms. The Bertz CT molecular complexity index is 897. The van der Waals surface area contributed by atoms with Crippen LogP contribution in [0, 0.1) is 27.2 Å². The van der Waals surface area contributed by atoms with E-state index in [0.717, 1.165) is 43.0 Å². The van der Waals surface area contributed by atoms with E-state index < -0.39 is 17.7 Å². The Labute approximate surface area is 177 Å². The minimum atomic E-state index is -0.875. The first-order chi connectivity index (χ1) is 13.5. The fourth-order valence-corrected chi connectivity index (χ4v) is 6.26. The summed E-state index contributed by atoms with van der Waals surface area (Å²) in [6.45, 7) is 0. The monoisotopic (exact) mass is 491 g/mol. The first-order valence-corrected chi connectivity index (χ1v) is 11.0. The van der Waals surface area contributed by atoms with E-state index in [9.17, 15) is 9.59 Å². The average molecular weight is 491 g/mol. The van der Waals surface area contributed by atoms with Gasteiger partial charge in [0, 0.05) is 27.0 Å². The maximum Gasteiger partial charge on any atom is 0.320 e. The number of para-hydroxylation sites is 1. The molecule has 0 amide bonds. The van der Waals surface area contributed by atoms with Gasteiger partial charge >= 0.3 is 11.9 Å². The van der Waals surface area contributed by atoms with E-state index in [-0.39, 0.29) is 18.3 Å². The van der Waals surface area contributed by atoms with Crippen LogP contribution < -0.4 is 0 Å². The van der Waals surface area contributed by atoms with E-state index in [4.69, 9.17) is 9.47 Å². The fourth-order valence-electron chi connectivity index (χ4n) is 5.79. The molecule has 5 fully saturated rings. The smallest absolute Gasteiger partial charge is 0.320 e. The SMILES string of the molecule is Ic1cnc2ccccc2c1.O=C1CC(=O)OC2(O1)[C@H]1C[C@H]3C[C@H](C1)C[C@H]2C3. The van der Waals surface area contributed by atoms with Crippen LogP contribution in [0.1, 0.15) is 38.5 Å². The summed E-state index contributed by atoms with van der Waals surface area (Å²) in [5, 5.41) is 1.21. The van der Waals surface area contributed by atoms with Gasteiger partial charge in [-0.05, 0) is 78.7 Å². The highest BCUT2D eigenvalue weighted by Crippen LogP contribution is 2.60. The predicted molar refractivity (Wildman–Crippen MR) is 111 cm³/mol. The first kappa shape index (κ1) is 18.3. The van der Waals surface area contributed by atoms with Crippen molar-refractivity contribution in [3.63, 3.8) is 0 Å². The summed E-state index contributed by atoms with van der Waals surface area (Å²) in [4.78, 5) is 27.4. The minimum absolute atomic E-state index is 0.214. The van der Waals surface area contributed by atoms with Gasteiger partial charge in [0.2, 0.25) is 0 Å². The molecule has 6 heteroatoms. The Balaban J connectivity index is 0.000000135.